The first-order valence-corrected chi connectivity index (χ1v) is 6.25. The standard InChI is InChI=1S/C15H14FN3/c1-10(2)12-8-18-19-9-11(5-6-14(12)19)15-13(16)4-3-7-17-15/h3-10H,1-2H3. The molecule has 0 radical (unpaired) electrons. The second-order valence-corrected chi connectivity index (χ2v) is 4.84. The van der Waals surface area contributed by atoms with Gasteiger partial charge in [0.1, 0.15) is 11.5 Å². The number of aromatic nitrogens is 3. The van der Waals surface area contributed by atoms with Crippen molar-refractivity contribution in [2.24, 2.45) is 0 Å². The quantitative estimate of drug-likeness (QED) is 0.699. The SMILES string of the molecule is CC(C)c1cnn2cc(-c3ncccc3F)ccc12. The van der Waals surface area contributed by atoms with E-state index in [0.717, 1.165) is 11.1 Å². The van der Waals surface area contributed by atoms with Gasteiger partial charge in [-0.15, -0.1) is 0 Å². The molecule has 3 heterocycles. The number of nitrogens with zero attached hydrogens (tertiary/aromatic N) is 3. The normalized spacial score (nSPS) is 11.4. The summed E-state index contributed by atoms with van der Waals surface area (Å²) in [6.07, 6.45) is 5.26. The maximum Gasteiger partial charge on any atom is 0.149 e. The minimum absolute atomic E-state index is 0.321. The van der Waals surface area contributed by atoms with Gasteiger partial charge in [-0.2, -0.15) is 5.10 Å². The van der Waals surface area contributed by atoms with E-state index in [9.17, 15) is 4.39 Å². The summed E-state index contributed by atoms with van der Waals surface area (Å²) in [6.45, 7) is 4.26. The maximum atomic E-state index is 13.7. The molecule has 3 aromatic rings. The van der Waals surface area contributed by atoms with Crippen LogP contribution in [0.5, 0.6) is 0 Å². The fourth-order valence-corrected chi connectivity index (χ4v) is 2.19. The van der Waals surface area contributed by atoms with E-state index >= 15 is 0 Å². The Morgan fingerprint density at radius 1 is 1.21 bits per heavy atom. The summed E-state index contributed by atoms with van der Waals surface area (Å²) in [6, 6.07) is 6.84. The molecule has 0 saturated carbocycles. The molecule has 0 aliphatic heterocycles. The lowest BCUT2D eigenvalue weighted by Crippen LogP contribution is -1.93. The van der Waals surface area contributed by atoms with Crippen LogP contribution in [-0.2, 0) is 0 Å². The smallest absolute Gasteiger partial charge is 0.149 e. The molecule has 0 atom stereocenters. The van der Waals surface area contributed by atoms with Gasteiger partial charge in [-0.05, 0) is 30.2 Å². The Morgan fingerprint density at radius 3 is 2.79 bits per heavy atom. The predicted molar refractivity (Wildman–Crippen MR) is 72.5 cm³/mol. The van der Waals surface area contributed by atoms with Crippen molar-refractivity contribution in [3.05, 3.63) is 54.2 Å². The van der Waals surface area contributed by atoms with Crippen LogP contribution in [0.25, 0.3) is 16.8 Å². The van der Waals surface area contributed by atoms with Crippen LogP contribution in [0.3, 0.4) is 0 Å². The van der Waals surface area contributed by atoms with Gasteiger partial charge in [0, 0.05) is 23.5 Å². The van der Waals surface area contributed by atoms with Crippen molar-refractivity contribution in [3.63, 3.8) is 0 Å². The number of halogens is 1. The molecule has 0 spiro atoms. The topological polar surface area (TPSA) is 30.2 Å². The molecule has 3 rings (SSSR count). The zero-order valence-electron chi connectivity index (χ0n) is 10.8. The van der Waals surface area contributed by atoms with E-state index in [1.807, 2.05) is 24.5 Å². The molecule has 19 heavy (non-hydrogen) atoms. The molecule has 96 valence electrons. The van der Waals surface area contributed by atoms with Crippen LogP contribution >= 0.6 is 0 Å². The molecule has 0 fully saturated rings. The average molecular weight is 255 g/mol. The zero-order chi connectivity index (χ0) is 13.4. The van der Waals surface area contributed by atoms with Gasteiger partial charge in [0.25, 0.3) is 0 Å². The van der Waals surface area contributed by atoms with E-state index in [4.69, 9.17) is 0 Å². The molecular formula is C15H14FN3. The molecular weight excluding hydrogens is 241 g/mol. The van der Waals surface area contributed by atoms with Crippen molar-refractivity contribution in [2.75, 3.05) is 0 Å². The maximum absolute atomic E-state index is 13.7. The molecule has 0 amide bonds. The molecule has 0 aliphatic rings. The number of fused-ring (bicyclic) bond motifs is 1. The highest BCUT2D eigenvalue weighted by atomic mass is 19.1. The van der Waals surface area contributed by atoms with E-state index in [1.54, 1.807) is 16.8 Å². The van der Waals surface area contributed by atoms with Crippen molar-refractivity contribution >= 4 is 5.52 Å². The fraction of sp³-hybridized carbons (Fsp3) is 0.200. The first kappa shape index (κ1) is 11.8. The molecule has 3 nitrogen and oxygen atoms in total. The van der Waals surface area contributed by atoms with Crippen LogP contribution in [0.1, 0.15) is 25.3 Å². The second-order valence-electron chi connectivity index (χ2n) is 4.84. The van der Waals surface area contributed by atoms with E-state index in [1.165, 1.54) is 11.6 Å². The lowest BCUT2D eigenvalue weighted by atomic mass is 10.1. The Hall–Kier alpha value is -2.23. The Labute approximate surface area is 110 Å². The summed E-state index contributed by atoms with van der Waals surface area (Å²) >= 11 is 0. The summed E-state index contributed by atoms with van der Waals surface area (Å²) in [5.74, 6) is 0.0908. The largest absolute Gasteiger partial charge is 0.253 e. The van der Waals surface area contributed by atoms with Crippen LogP contribution in [-0.4, -0.2) is 14.6 Å². The van der Waals surface area contributed by atoms with Crippen LogP contribution in [0.4, 0.5) is 4.39 Å². The molecule has 0 unspecified atom stereocenters. The molecule has 4 heteroatoms. The van der Waals surface area contributed by atoms with Crippen molar-refractivity contribution in [1.29, 1.82) is 0 Å². The molecule has 0 aromatic carbocycles. The zero-order valence-corrected chi connectivity index (χ0v) is 10.8. The lowest BCUT2D eigenvalue weighted by molar-refractivity contribution is 0.625. The van der Waals surface area contributed by atoms with Gasteiger partial charge >= 0.3 is 0 Å². The second kappa shape index (κ2) is 4.46. The third kappa shape index (κ3) is 1.99. The summed E-state index contributed by atoms with van der Waals surface area (Å²) in [7, 11) is 0. The lowest BCUT2D eigenvalue weighted by Gasteiger charge is -2.05. The van der Waals surface area contributed by atoms with Gasteiger partial charge in [0.2, 0.25) is 0 Å². The van der Waals surface area contributed by atoms with E-state index in [0.29, 0.717) is 11.6 Å². The molecule has 3 aromatic heterocycles. The number of rotatable bonds is 2. The van der Waals surface area contributed by atoms with Crippen molar-refractivity contribution < 1.29 is 4.39 Å². The van der Waals surface area contributed by atoms with Crippen molar-refractivity contribution in [2.45, 2.75) is 19.8 Å². The number of hydrogen-bond acceptors (Lipinski definition) is 2. The third-order valence-electron chi connectivity index (χ3n) is 3.20. The van der Waals surface area contributed by atoms with Gasteiger partial charge < -0.3 is 0 Å². The van der Waals surface area contributed by atoms with Gasteiger partial charge in [-0.25, -0.2) is 8.91 Å². The molecule has 0 N–H and O–H groups in total. The minimum atomic E-state index is -0.321. The highest BCUT2D eigenvalue weighted by molar-refractivity contribution is 5.64. The first-order valence-electron chi connectivity index (χ1n) is 6.25. The van der Waals surface area contributed by atoms with Crippen LogP contribution < -0.4 is 0 Å². The Kier molecular flexibility index (Phi) is 2.78. The Morgan fingerprint density at radius 2 is 2.05 bits per heavy atom. The number of pyridine rings is 2. The summed E-state index contributed by atoms with van der Waals surface area (Å²) in [4.78, 5) is 4.08. The van der Waals surface area contributed by atoms with Crippen LogP contribution in [0.2, 0.25) is 0 Å². The molecule has 0 bridgehead atoms. The molecule has 0 saturated heterocycles. The first-order chi connectivity index (χ1) is 9.16. The van der Waals surface area contributed by atoms with Crippen molar-refractivity contribution in [1.82, 2.24) is 14.6 Å². The van der Waals surface area contributed by atoms with Gasteiger partial charge in [0.05, 0.1) is 11.7 Å². The molecule has 0 aliphatic carbocycles. The summed E-state index contributed by atoms with van der Waals surface area (Å²) < 4.78 is 15.5. The van der Waals surface area contributed by atoms with Crippen LogP contribution in [0.15, 0.2) is 42.9 Å². The third-order valence-corrected chi connectivity index (χ3v) is 3.20. The highest BCUT2D eigenvalue weighted by Crippen LogP contribution is 2.24. The minimum Gasteiger partial charge on any atom is -0.253 e. The Bertz CT molecular complexity index is 731. The van der Waals surface area contributed by atoms with E-state index in [2.05, 4.69) is 23.9 Å². The Balaban J connectivity index is 2.16. The van der Waals surface area contributed by atoms with Crippen LogP contribution in [0, 0.1) is 5.82 Å². The average Bonchev–Trinajstić information content (AvgIpc) is 2.82. The highest BCUT2D eigenvalue weighted by Gasteiger charge is 2.10. The van der Waals surface area contributed by atoms with Gasteiger partial charge in [-0.1, -0.05) is 13.8 Å². The van der Waals surface area contributed by atoms with Crippen molar-refractivity contribution in [3.8, 4) is 11.3 Å². The van der Waals surface area contributed by atoms with Gasteiger partial charge in [-0.3, -0.25) is 4.98 Å². The summed E-state index contributed by atoms with van der Waals surface area (Å²) in [5, 5.41) is 4.32. The van der Waals surface area contributed by atoms with Gasteiger partial charge in [0.15, 0.2) is 0 Å². The fourth-order valence-electron chi connectivity index (χ4n) is 2.19. The van der Waals surface area contributed by atoms with E-state index in [-0.39, 0.29) is 5.82 Å². The predicted octanol–water partition coefficient (Wildman–Crippen LogP) is 3.66. The van der Waals surface area contributed by atoms with E-state index < -0.39 is 0 Å². The monoisotopic (exact) mass is 255 g/mol. The number of hydrogen-bond donors (Lipinski definition) is 0. The summed E-state index contributed by atoms with van der Waals surface area (Å²) in [5.41, 5.74) is 3.32.